The fraction of sp³-hybridized carbons (Fsp3) is 0.565. The molecule has 0 unspecified atom stereocenters. The molecule has 1 saturated carbocycles. The van der Waals surface area contributed by atoms with Crippen molar-refractivity contribution in [1.82, 2.24) is 15.6 Å². The molecule has 0 saturated heterocycles. The highest BCUT2D eigenvalue weighted by Gasteiger charge is 2.33. The van der Waals surface area contributed by atoms with Crippen LogP contribution in [0.3, 0.4) is 0 Å². The maximum Gasteiger partial charge on any atom is 0.226 e. The van der Waals surface area contributed by atoms with Gasteiger partial charge in [-0.15, -0.1) is 0 Å². The minimum absolute atomic E-state index is 0.319. The molecular formula is C23H34N4O2. The lowest BCUT2D eigenvalue weighted by molar-refractivity contribution is 0.105. The summed E-state index contributed by atoms with van der Waals surface area (Å²) in [5, 5.41) is 6.87. The van der Waals surface area contributed by atoms with Gasteiger partial charge in [-0.05, 0) is 50.7 Å². The van der Waals surface area contributed by atoms with Crippen LogP contribution in [-0.2, 0) is 11.3 Å². The summed E-state index contributed by atoms with van der Waals surface area (Å²) in [4.78, 5) is 8.96. The minimum atomic E-state index is 0.319. The van der Waals surface area contributed by atoms with Gasteiger partial charge in [0.25, 0.3) is 0 Å². The van der Waals surface area contributed by atoms with Crippen LogP contribution in [0.25, 0.3) is 11.5 Å². The number of aryl methyl sites for hydroxylation is 1. The molecule has 3 rings (SSSR count). The number of aromatic nitrogens is 1. The summed E-state index contributed by atoms with van der Waals surface area (Å²) in [6.45, 7) is 7.24. The number of nitrogens with one attached hydrogen (secondary N) is 2. The van der Waals surface area contributed by atoms with Crippen molar-refractivity contribution in [3.05, 3.63) is 41.8 Å². The van der Waals surface area contributed by atoms with Crippen LogP contribution in [-0.4, -0.2) is 37.7 Å². The van der Waals surface area contributed by atoms with E-state index < -0.39 is 0 Å². The van der Waals surface area contributed by atoms with Gasteiger partial charge in [-0.25, -0.2) is 4.98 Å². The van der Waals surface area contributed by atoms with Crippen LogP contribution in [0, 0.1) is 12.3 Å². The number of hydrogen-bond acceptors (Lipinski definition) is 4. The van der Waals surface area contributed by atoms with Gasteiger partial charge in [-0.2, -0.15) is 0 Å². The Labute approximate surface area is 174 Å². The molecule has 1 aromatic heterocycles. The molecule has 0 atom stereocenters. The Hall–Kier alpha value is -2.34. The number of hydrogen-bond donors (Lipinski definition) is 2. The predicted molar refractivity (Wildman–Crippen MR) is 117 cm³/mol. The van der Waals surface area contributed by atoms with Crippen LogP contribution in [0.1, 0.15) is 50.3 Å². The summed E-state index contributed by atoms with van der Waals surface area (Å²) in [5.74, 6) is 1.44. The highest BCUT2D eigenvalue weighted by atomic mass is 16.5. The highest BCUT2D eigenvalue weighted by Crippen LogP contribution is 2.40. The Morgan fingerprint density at radius 3 is 2.66 bits per heavy atom. The van der Waals surface area contributed by atoms with Crippen molar-refractivity contribution in [3.63, 3.8) is 0 Å². The Kier molecular flexibility index (Phi) is 7.69. The zero-order chi connectivity index (χ0) is 20.5. The zero-order valence-corrected chi connectivity index (χ0v) is 18.0. The monoisotopic (exact) mass is 398 g/mol. The lowest BCUT2D eigenvalue weighted by atomic mass is 9.83. The van der Waals surface area contributed by atoms with E-state index in [1.807, 2.05) is 12.1 Å². The van der Waals surface area contributed by atoms with E-state index in [0.717, 1.165) is 43.4 Å². The van der Waals surface area contributed by atoms with Crippen LogP contribution in [0.2, 0.25) is 0 Å². The first-order valence-corrected chi connectivity index (χ1v) is 10.7. The van der Waals surface area contributed by atoms with E-state index in [2.05, 4.69) is 46.6 Å². The number of benzene rings is 1. The van der Waals surface area contributed by atoms with Crippen molar-refractivity contribution in [2.24, 2.45) is 10.4 Å². The van der Waals surface area contributed by atoms with Gasteiger partial charge in [0.1, 0.15) is 6.26 Å². The Morgan fingerprint density at radius 1 is 1.21 bits per heavy atom. The first-order valence-electron chi connectivity index (χ1n) is 10.7. The molecular weight excluding hydrogens is 364 g/mol. The maximum atomic E-state index is 5.64. The Bertz CT molecular complexity index is 776. The summed E-state index contributed by atoms with van der Waals surface area (Å²) in [7, 11) is 1.80. The van der Waals surface area contributed by atoms with E-state index >= 15 is 0 Å². The smallest absolute Gasteiger partial charge is 0.226 e. The van der Waals surface area contributed by atoms with Crippen molar-refractivity contribution >= 4 is 5.96 Å². The molecule has 0 radical (unpaired) electrons. The largest absolute Gasteiger partial charge is 0.444 e. The van der Waals surface area contributed by atoms with E-state index in [4.69, 9.17) is 9.15 Å². The van der Waals surface area contributed by atoms with E-state index in [1.165, 1.54) is 31.2 Å². The van der Waals surface area contributed by atoms with Gasteiger partial charge in [0.05, 0.1) is 12.2 Å². The molecule has 0 aliphatic heterocycles. The molecule has 2 N–H and O–H groups in total. The van der Waals surface area contributed by atoms with E-state index in [9.17, 15) is 0 Å². The van der Waals surface area contributed by atoms with E-state index in [1.54, 1.807) is 13.3 Å². The lowest BCUT2D eigenvalue weighted by Gasteiger charge is -2.30. The van der Waals surface area contributed by atoms with Crippen LogP contribution in [0.4, 0.5) is 0 Å². The number of ether oxygens (including phenoxy) is 1. The Morgan fingerprint density at radius 2 is 1.97 bits per heavy atom. The number of guanidine groups is 1. The van der Waals surface area contributed by atoms with Gasteiger partial charge in [-0.1, -0.05) is 30.5 Å². The van der Waals surface area contributed by atoms with Crippen molar-refractivity contribution in [2.75, 3.05) is 26.8 Å². The topological polar surface area (TPSA) is 71.7 Å². The molecule has 1 aliphatic rings. The predicted octanol–water partition coefficient (Wildman–Crippen LogP) is 4.30. The average Bonchev–Trinajstić information content (AvgIpc) is 3.39. The maximum absolute atomic E-state index is 5.64. The summed E-state index contributed by atoms with van der Waals surface area (Å²) < 4.78 is 11.3. The molecule has 0 amide bonds. The van der Waals surface area contributed by atoms with E-state index in [0.29, 0.717) is 17.9 Å². The number of oxazole rings is 1. The van der Waals surface area contributed by atoms with Gasteiger partial charge < -0.3 is 19.8 Å². The molecule has 2 aromatic rings. The van der Waals surface area contributed by atoms with Gasteiger partial charge >= 0.3 is 0 Å². The first kappa shape index (κ1) is 21.4. The summed E-state index contributed by atoms with van der Waals surface area (Å²) >= 11 is 0. The van der Waals surface area contributed by atoms with Gasteiger partial charge in [0, 0.05) is 32.4 Å². The van der Waals surface area contributed by atoms with Gasteiger partial charge in [-0.3, -0.25) is 4.99 Å². The second-order valence-corrected chi connectivity index (χ2v) is 7.94. The molecule has 6 nitrogen and oxygen atoms in total. The Balaban J connectivity index is 1.51. The number of rotatable bonds is 9. The summed E-state index contributed by atoms with van der Waals surface area (Å²) in [6.07, 6.45) is 7.94. The molecule has 0 spiro atoms. The lowest BCUT2D eigenvalue weighted by Crippen LogP contribution is -2.43. The standard InChI is InChI=1S/C23H34N4O2/c1-4-28-14-13-23(11-5-6-12-23)17-26-22(24-3)25-15-20-16-29-21(27-20)19-9-7-18(2)8-10-19/h7-10,16H,4-6,11-15,17H2,1-3H3,(H2,24,25,26). The van der Waals surface area contributed by atoms with Crippen molar-refractivity contribution in [1.29, 1.82) is 0 Å². The average molecular weight is 399 g/mol. The molecule has 1 heterocycles. The van der Waals surface area contributed by atoms with Crippen molar-refractivity contribution in [3.8, 4) is 11.5 Å². The molecule has 158 valence electrons. The van der Waals surface area contributed by atoms with Gasteiger partial charge in [0.2, 0.25) is 5.89 Å². The highest BCUT2D eigenvalue weighted by molar-refractivity contribution is 5.79. The van der Waals surface area contributed by atoms with Crippen LogP contribution < -0.4 is 10.6 Å². The third kappa shape index (κ3) is 6.07. The molecule has 1 aromatic carbocycles. The van der Waals surface area contributed by atoms with Crippen LogP contribution >= 0.6 is 0 Å². The molecule has 1 fully saturated rings. The zero-order valence-electron chi connectivity index (χ0n) is 18.0. The number of aliphatic imine (C=N–C) groups is 1. The first-order chi connectivity index (χ1) is 14.1. The number of nitrogens with zero attached hydrogens (tertiary/aromatic N) is 2. The minimum Gasteiger partial charge on any atom is -0.444 e. The quantitative estimate of drug-likeness (QED) is 0.374. The summed E-state index contributed by atoms with van der Waals surface area (Å²) in [6, 6.07) is 8.19. The van der Waals surface area contributed by atoms with Gasteiger partial charge in [0.15, 0.2) is 5.96 Å². The van der Waals surface area contributed by atoms with Crippen LogP contribution in [0.15, 0.2) is 39.9 Å². The second kappa shape index (κ2) is 10.4. The third-order valence-electron chi connectivity index (χ3n) is 5.79. The van der Waals surface area contributed by atoms with E-state index in [-0.39, 0.29) is 0 Å². The fourth-order valence-electron chi connectivity index (χ4n) is 3.96. The fourth-order valence-corrected chi connectivity index (χ4v) is 3.96. The molecule has 0 bridgehead atoms. The third-order valence-corrected chi connectivity index (χ3v) is 5.79. The molecule has 6 heteroatoms. The second-order valence-electron chi connectivity index (χ2n) is 7.94. The van der Waals surface area contributed by atoms with Crippen molar-refractivity contribution in [2.45, 2.75) is 52.5 Å². The normalized spacial score (nSPS) is 16.2. The van der Waals surface area contributed by atoms with Crippen molar-refractivity contribution < 1.29 is 9.15 Å². The molecule has 29 heavy (non-hydrogen) atoms. The summed E-state index contributed by atoms with van der Waals surface area (Å²) in [5.41, 5.74) is 3.38. The molecule has 1 aliphatic carbocycles. The SMILES string of the molecule is CCOCCC1(CNC(=NC)NCc2coc(-c3ccc(C)cc3)n2)CCCC1. The van der Waals surface area contributed by atoms with Crippen LogP contribution in [0.5, 0.6) is 0 Å².